The molecule has 0 bridgehead atoms. The molecular weight excluding hydrogens is 392 g/mol. The van der Waals surface area contributed by atoms with Crippen molar-refractivity contribution in [2.45, 2.75) is 0 Å². The van der Waals surface area contributed by atoms with Gasteiger partial charge >= 0.3 is 6.03 Å². The van der Waals surface area contributed by atoms with Gasteiger partial charge in [0.15, 0.2) is 0 Å². The highest BCUT2D eigenvalue weighted by Crippen LogP contribution is 2.14. The highest BCUT2D eigenvalue weighted by atomic mass is 35.5. The number of hydrazine groups is 1. The lowest BCUT2D eigenvalue weighted by Gasteiger charge is -2.10. The molecule has 0 aliphatic carbocycles. The van der Waals surface area contributed by atoms with E-state index in [0.29, 0.717) is 27.5 Å². The summed E-state index contributed by atoms with van der Waals surface area (Å²) < 4.78 is 0. The van der Waals surface area contributed by atoms with Crippen LogP contribution in [0.25, 0.3) is 0 Å². The van der Waals surface area contributed by atoms with Gasteiger partial charge in [-0.05, 0) is 54.6 Å². The number of benzene rings is 3. The van der Waals surface area contributed by atoms with Gasteiger partial charge in [0, 0.05) is 27.5 Å². The number of hydrogen-bond donors (Lipinski definition) is 4. The van der Waals surface area contributed by atoms with Crippen LogP contribution in [0.3, 0.4) is 0 Å². The van der Waals surface area contributed by atoms with E-state index in [-0.39, 0.29) is 5.91 Å². The van der Waals surface area contributed by atoms with Crippen LogP contribution in [0.15, 0.2) is 78.9 Å². The molecule has 7 nitrogen and oxygen atoms in total. The number of amides is 4. The van der Waals surface area contributed by atoms with Gasteiger partial charge in [0.05, 0.1) is 0 Å². The predicted molar refractivity (Wildman–Crippen MR) is 112 cm³/mol. The van der Waals surface area contributed by atoms with Crippen LogP contribution in [0, 0.1) is 0 Å². The van der Waals surface area contributed by atoms with Crippen molar-refractivity contribution >= 4 is 40.8 Å². The van der Waals surface area contributed by atoms with Crippen molar-refractivity contribution in [1.29, 1.82) is 0 Å². The molecule has 0 aromatic heterocycles. The van der Waals surface area contributed by atoms with Crippen molar-refractivity contribution in [3.05, 3.63) is 95.0 Å². The summed E-state index contributed by atoms with van der Waals surface area (Å²) >= 11 is 5.85. The number of halogens is 1. The molecule has 0 saturated heterocycles. The average molecular weight is 409 g/mol. The predicted octanol–water partition coefficient (Wildman–Crippen LogP) is 4.06. The SMILES string of the molecule is O=C(NNC(=O)c1ccc(NC(=O)c2ccccc2)cc1)Nc1cccc(Cl)c1. The van der Waals surface area contributed by atoms with Crippen molar-refractivity contribution in [3.63, 3.8) is 0 Å². The van der Waals surface area contributed by atoms with Crippen LogP contribution in [0.1, 0.15) is 20.7 Å². The summed E-state index contributed by atoms with van der Waals surface area (Å²) in [5.74, 6) is -0.755. The summed E-state index contributed by atoms with van der Waals surface area (Å²) in [5.41, 5.74) is 6.43. The van der Waals surface area contributed by atoms with Gasteiger partial charge in [0.25, 0.3) is 11.8 Å². The minimum atomic E-state index is -0.618. The Hall–Kier alpha value is -3.84. The maximum absolute atomic E-state index is 12.1. The molecule has 8 heteroatoms. The minimum Gasteiger partial charge on any atom is -0.322 e. The summed E-state index contributed by atoms with van der Waals surface area (Å²) in [4.78, 5) is 36.1. The smallest absolute Gasteiger partial charge is 0.322 e. The Morgan fingerprint density at radius 1 is 0.621 bits per heavy atom. The van der Waals surface area contributed by atoms with E-state index < -0.39 is 11.9 Å². The number of urea groups is 1. The van der Waals surface area contributed by atoms with E-state index in [1.54, 1.807) is 60.7 Å². The number of anilines is 2. The van der Waals surface area contributed by atoms with E-state index >= 15 is 0 Å². The van der Waals surface area contributed by atoms with Crippen LogP contribution in [-0.4, -0.2) is 17.8 Å². The summed E-state index contributed by atoms with van der Waals surface area (Å²) in [5, 5.41) is 5.76. The van der Waals surface area contributed by atoms with Crippen LogP contribution in [0.2, 0.25) is 5.02 Å². The zero-order valence-electron chi connectivity index (χ0n) is 15.1. The normalized spacial score (nSPS) is 9.97. The molecule has 4 N–H and O–H groups in total. The van der Waals surface area contributed by atoms with Crippen molar-refractivity contribution < 1.29 is 14.4 Å². The van der Waals surface area contributed by atoms with Crippen molar-refractivity contribution in [1.82, 2.24) is 10.9 Å². The number of hydrogen-bond acceptors (Lipinski definition) is 3. The fraction of sp³-hybridized carbons (Fsp3) is 0. The Kier molecular flexibility index (Phi) is 6.44. The molecule has 3 aromatic rings. The second-order valence-electron chi connectivity index (χ2n) is 5.94. The largest absolute Gasteiger partial charge is 0.337 e. The van der Waals surface area contributed by atoms with Gasteiger partial charge in [-0.3, -0.25) is 15.0 Å². The van der Waals surface area contributed by atoms with Crippen LogP contribution < -0.4 is 21.5 Å². The Morgan fingerprint density at radius 3 is 2.00 bits per heavy atom. The third-order valence-electron chi connectivity index (χ3n) is 3.81. The molecule has 3 aromatic carbocycles. The molecule has 0 unspecified atom stereocenters. The second kappa shape index (κ2) is 9.38. The highest BCUT2D eigenvalue weighted by molar-refractivity contribution is 6.30. The second-order valence-corrected chi connectivity index (χ2v) is 6.38. The van der Waals surface area contributed by atoms with E-state index in [1.165, 1.54) is 12.1 Å². The Balaban J connectivity index is 1.51. The van der Waals surface area contributed by atoms with Crippen LogP contribution >= 0.6 is 11.6 Å². The number of nitrogens with one attached hydrogen (secondary N) is 4. The fourth-order valence-corrected chi connectivity index (χ4v) is 2.60. The van der Waals surface area contributed by atoms with Gasteiger partial charge < -0.3 is 10.6 Å². The summed E-state index contributed by atoms with van der Waals surface area (Å²) in [6.45, 7) is 0. The van der Waals surface area contributed by atoms with Crippen molar-refractivity contribution in [3.8, 4) is 0 Å². The van der Waals surface area contributed by atoms with E-state index in [9.17, 15) is 14.4 Å². The third kappa shape index (κ3) is 5.82. The van der Waals surface area contributed by atoms with Crippen molar-refractivity contribution in [2.24, 2.45) is 0 Å². The molecule has 0 atom stereocenters. The first-order chi connectivity index (χ1) is 14.0. The lowest BCUT2D eigenvalue weighted by Crippen LogP contribution is -2.43. The topological polar surface area (TPSA) is 99.3 Å². The fourth-order valence-electron chi connectivity index (χ4n) is 2.41. The molecule has 0 aliphatic heterocycles. The average Bonchev–Trinajstić information content (AvgIpc) is 2.73. The molecule has 0 heterocycles. The molecule has 0 radical (unpaired) electrons. The first kappa shape index (κ1) is 19.9. The third-order valence-corrected chi connectivity index (χ3v) is 4.05. The zero-order valence-corrected chi connectivity index (χ0v) is 15.9. The lowest BCUT2D eigenvalue weighted by atomic mass is 10.2. The standard InChI is InChI=1S/C21H17ClN4O3/c22-16-7-4-8-18(13-16)24-21(29)26-25-20(28)15-9-11-17(12-10-15)23-19(27)14-5-2-1-3-6-14/h1-13H,(H,23,27)(H,25,28)(H2,24,26,29). The van der Waals surface area contributed by atoms with Gasteiger partial charge in [-0.2, -0.15) is 0 Å². The Labute approximate surface area is 172 Å². The van der Waals surface area contributed by atoms with Gasteiger partial charge in [0.2, 0.25) is 0 Å². The maximum Gasteiger partial charge on any atom is 0.337 e. The zero-order chi connectivity index (χ0) is 20.6. The Bertz CT molecular complexity index is 1020. The van der Waals surface area contributed by atoms with Crippen LogP contribution in [0.4, 0.5) is 16.2 Å². The van der Waals surface area contributed by atoms with Crippen LogP contribution in [0.5, 0.6) is 0 Å². The van der Waals surface area contributed by atoms with Gasteiger partial charge in [-0.25, -0.2) is 10.2 Å². The van der Waals surface area contributed by atoms with Gasteiger partial charge in [0.1, 0.15) is 0 Å². The minimum absolute atomic E-state index is 0.248. The van der Waals surface area contributed by atoms with Gasteiger partial charge in [-0.1, -0.05) is 35.9 Å². The van der Waals surface area contributed by atoms with Crippen LogP contribution in [-0.2, 0) is 0 Å². The first-order valence-corrected chi connectivity index (χ1v) is 8.98. The maximum atomic E-state index is 12.1. The summed E-state index contributed by atoms with van der Waals surface area (Å²) in [7, 11) is 0. The molecule has 3 rings (SSSR count). The monoisotopic (exact) mass is 408 g/mol. The van der Waals surface area contributed by atoms with E-state index in [0.717, 1.165) is 0 Å². The molecule has 0 aliphatic rings. The molecule has 0 spiro atoms. The number of carbonyl (C=O) groups is 3. The summed E-state index contributed by atoms with van der Waals surface area (Å²) in [6.07, 6.45) is 0. The first-order valence-electron chi connectivity index (χ1n) is 8.60. The van der Waals surface area contributed by atoms with Gasteiger partial charge in [-0.15, -0.1) is 0 Å². The van der Waals surface area contributed by atoms with Crippen molar-refractivity contribution in [2.75, 3.05) is 10.6 Å². The molecular formula is C21H17ClN4O3. The molecule has 0 saturated carbocycles. The lowest BCUT2D eigenvalue weighted by molar-refractivity contribution is 0.0937. The molecule has 0 fully saturated rings. The number of rotatable bonds is 4. The van der Waals surface area contributed by atoms with E-state index in [4.69, 9.17) is 11.6 Å². The summed E-state index contributed by atoms with van der Waals surface area (Å²) in [6, 6.07) is 21.0. The molecule has 146 valence electrons. The quantitative estimate of drug-likeness (QED) is 0.490. The Morgan fingerprint density at radius 2 is 1.31 bits per heavy atom. The molecule has 29 heavy (non-hydrogen) atoms. The number of carbonyl (C=O) groups excluding carboxylic acids is 3. The van der Waals surface area contributed by atoms with E-state index in [1.807, 2.05) is 6.07 Å². The van der Waals surface area contributed by atoms with E-state index in [2.05, 4.69) is 21.5 Å². The highest BCUT2D eigenvalue weighted by Gasteiger charge is 2.09. The molecule has 4 amide bonds.